The molecule has 3 rings (SSSR count). The molecule has 0 saturated carbocycles. The van der Waals surface area contributed by atoms with Crippen molar-refractivity contribution in [2.75, 3.05) is 18.4 Å². The van der Waals surface area contributed by atoms with Crippen molar-refractivity contribution >= 4 is 17.5 Å². The number of anilines is 2. The summed E-state index contributed by atoms with van der Waals surface area (Å²) in [5.41, 5.74) is 3.20. The van der Waals surface area contributed by atoms with Crippen molar-refractivity contribution in [3.8, 4) is 0 Å². The van der Waals surface area contributed by atoms with Crippen LogP contribution < -0.4 is 5.32 Å². The van der Waals surface area contributed by atoms with Crippen molar-refractivity contribution in [2.24, 2.45) is 0 Å². The number of likely N-dealkylation sites (tertiary alicyclic amines) is 1. The third-order valence-corrected chi connectivity index (χ3v) is 4.48. The second-order valence-electron chi connectivity index (χ2n) is 6.33. The van der Waals surface area contributed by atoms with Crippen LogP contribution in [0.4, 0.5) is 11.6 Å². The molecule has 1 atom stereocenters. The number of benzene rings is 1. The number of carbonyl (C=O) groups excluding carboxylic acids is 1. The third kappa shape index (κ3) is 3.91. The number of piperidine rings is 1. The van der Waals surface area contributed by atoms with E-state index in [1.807, 2.05) is 30.0 Å². The Morgan fingerprint density at radius 2 is 2.08 bits per heavy atom. The minimum absolute atomic E-state index is 0.228. The van der Waals surface area contributed by atoms with Gasteiger partial charge < -0.3 is 10.2 Å². The molecule has 0 unspecified atom stereocenters. The molecular formula is C19H24N4O. The number of carbonyl (C=O) groups is 1. The number of hydrogen-bond donors (Lipinski definition) is 1. The zero-order chi connectivity index (χ0) is 16.9. The number of nitrogens with zero attached hydrogens (tertiary/aromatic N) is 3. The molecule has 1 aromatic carbocycles. The highest BCUT2D eigenvalue weighted by Gasteiger charge is 2.25. The van der Waals surface area contributed by atoms with Crippen molar-refractivity contribution in [3.05, 3.63) is 47.8 Å². The van der Waals surface area contributed by atoms with Crippen LogP contribution in [0.15, 0.2) is 36.5 Å². The van der Waals surface area contributed by atoms with Gasteiger partial charge >= 0.3 is 0 Å². The van der Waals surface area contributed by atoms with E-state index in [-0.39, 0.29) is 11.8 Å². The smallest absolute Gasteiger partial charge is 0.227 e. The quantitative estimate of drug-likeness (QED) is 0.933. The molecule has 1 N–H and O–H groups in total. The van der Waals surface area contributed by atoms with E-state index in [4.69, 9.17) is 0 Å². The van der Waals surface area contributed by atoms with Crippen molar-refractivity contribution in [1.29, 1.82) is 0 Å². The van der Waals surface area contributed by atoms with Gasteiger partial charge in [-0.25, -0.2) is 9.97 Å². The summed E-state index contributed by atoms with van der Waals surface area (Å²) in [6.07, 6.45) is 4.45. The molecule has 126 valence electrons. The lowest BCUT2D eigenvalue weighted by atomic mass is 9.94. The van der Waals surface area contributed by atoms with Crippen LogP contribution in [-0.2, 0) is 4.79 Å². The van der Waals surface area contributed by atoms with Crippen LogP contribution in [0.25, 0.3) is 0 Å². The molecule has 1 aliphatic rings. The van der Waals surface area contributed by atoms with Gasteiger partial charge in [0.2, 0.25) is 11.9 Å². The van der Waals surface area contributed by atoms with Gasteiger partial charge in [0.1, 0.15) is 0 Å². The average Bonchev–Trinajstić information content (AvgIpc) is 2.63. The summed E-state index contributed by atoms with van der Waals surface area (Å²) in [5.74, 6) is 1.12. The molecule has 1 aliphatic heterocycles. The summed E-state index contributed by atoms with van der Waals surface area (Å²) >= 11 is 0. The highest BCUT2D eigenvalue weighted by Crippen LogP contribution is 2.26. The van der Waals surface area contributed by atoms with Crippen LogP contribution in [0.3, 0.4) is 0 Å². The van der Waals surface area contributed by atoms with Gasteiger partial charge in [-0.15, -0.1) is 0 Å². The highest BCUT2D eigenvalue weighted by molar-refractivity contribution is 5.76. The Balaban J connectivity index is 1.72. The molecule has 5 nitrogen and oxygen atoms in total. The molecule has 1 fully saturated rings. The first kappa shape index (κ1) is 16.4. The minimum atomic E-state index is 0.228. The van der Waals surface area contributed by atoms with Gasteiger partial charge in [-0.05, 0) is 38.0 Å². The largest absolute Gasteiger partial charge is 0.342 e. The van der Waals surface area contributed by atoms with Crippen LogP contribution >= 0.6 is 0 Å². The summed E-state index contributed by atoms with van der Waals surface area (Å²) in [5, 5.41) is 3.25. The van der Waals surface area contributed by atoms with E-state index in [2.05, 4.69) is 34.3 Å². The van der Waals surface area contributed by atoms with Gasteiger partial charge in [-0.1, -0.05) is 24.6 Å². The van der Waals surface area contributed by atoms with E-state index in [1.54, 1.807) is 6.20 Å². The molecule has 24 heavy (non-hydrogen) atoms. The summed E-state index contributed by atoms with van der Waals surface area (Å²) in [7, 11) is 0. The standard InChI is InChI=1S/C19H24N4O/c1-3-18(24)23-12-4-5-15(13-23)17-10-11-20-19(22-17)21-16-8-6-14(2)7-9-16/h6-11,15H,3-5,12-13H2,1-2H3,(H,20,21,22)/t15-/m0/s1. The molecule has 0 radical (unpaired) electrons. The molecule has 0 spiro atoms. The van der Waals surface area contributed by atoms with Gasteiger partial charge in [0.15, 0.2) is 0 Å². The monoisotopic (exact) mass is 324 g/mol. The van der Waals surface area contributed by atoms with E-state index in [0.29, 0.717) is 12.4 Å². The molecule has 1 amide bonds. The zero-order valence-corrected chi connectivity index (χ0v) is 14.3. The lowest BCUT2D eigenvalue weighted by molar-refractivity contribution is -0.132. The van der Waals surface area contributed by atoms with Crippen LogP contribution in [-0.4, -0.2) is 33.9 Å². The van der Waals surface area contributed by atoms with E-state index < -0.39 is 0 Å². The minimum Gasteiger partial charge on any atom is -0.342 e. The fourth-order valence-corrected chi connectivity index (χ4v) is 3.09. The maximum atomic E-state index is 12.0. The van der Waals surface area contributed by atoms with Gasteiger partial charge in [-0.3, -0.25) is 4.79 Å². The first-order chi connectivity index (χ1) is 11.7. The molecule has 0 aliphatic carbocycles. The molecule has 1 aromatic heterocycles. The van der Waals surface area contributed by atoms with Crippen molar-refractivity contribution < 1.29 is 4.79 Å². The summed E-state index contributed by atoms with van der Waals surface area (Å²) in [4.78, 5) is 22.9. The topological polar surface area (TPSA) is 58.1 Å². The lowest BCUT2D eigenvalue weighted by Crippen LogP contribution is -2.38. The van der Waals surface area contributed by atoms with Crippen LogP contribution in [0, 0.1) is 6.92 Å². The van der Waals surface area contributed by atoms with Gasteiger partial charge in [0, 0.05) is 37.3 Å². The summed E-state index contributed by atoms with van der Waals surface area (Å²) in [6, 6.07) is 10.1. The Kier molecular flexibility index (Phi) is 5.08. The number of nitrogens with one attached hydrogen (secondary N) is 1. The first-order valence-corrected chi connectivity index (χ1v) is 8.60. The molecule has 1 saturated heterocycles. The normalized spacial score (nSPS) is 17.6. The number of hydrogen-bond acceptors (Lipinski definition) is 4. The van der Waals surface area contributed by atoms with E-state index in [1.165, 1.54) is 5.56 Å². The maximum absolute atomic E-state index is 12.0. The Labute approximate surface area is 143 Å². The Bertz CT molecular complexity index is 699. The first-order valence-electron chi connectivity index (χ1n) is 8.60. The predicted octanol–water partition coefficient (Wildman–Crippen LogP) is 3.64. The number of aromatic nitrogens is 2. The SMILES string of the molecule is CCC(=O)N1CCC[C@H](c2ccnc(Nc3ccc(C)cc3)n2)C1. The number of amides is 1. The fourth-order valence-electron chi connectivity index (χ4n) is 3.09. The van der Waals surface area contributed by atoms with E-state index >= 15 is 0 Å². The van der Waals surface area contributed by atoms with Crippen molar-refractivity contribution in [3.63, 3.8) is 0 Å². The maximum Gasteiger partial charge on any atom is 0.227 e. The average molecular weight is 324 g/mol. The van der Waals surface area contributed by atoms with Crippen LogP contribution in [0.1, 0.15) is 43.4 Å². The summed E-state index contributed by atoms with van der Waals surface area (Å²) < 4.78 is 0. The van der Waals surface area contributed by atoms with Gasteiger partial charge in [-0.2, -0.15) is 0 Å². The van der Waals surface area contributed by atoms with Gasteiger partial charge in [0.25, 0.3) is 0 Å². The Morgan fingerprint density at radius 3 is 2.83 bits per heavy atom. The third-order valence-electron chi connectivity index (χ3n) is 4.48. The fraction of sp³-hybridized carbons (Fsp3) is 0.421. The Morgan fingerprint density at radius 1 is 1.29 bits per heavy atom. The molecule has 2 heterocycles. The summed E-state index contributed by atoms with van der Waals surface area (Å²) in [6.45, 7) is 5.60. The zero-order valence-electron chi connectivity index (χ0n) is 14.3. The molecule has 5 heteroatoms. The van der Waals surface area contributed by atoms with Crippen molar-refractivity contribution in [1.82, 2.24) is 14.9 Å². The lowest BCUT2D eigenvalue weighted by Gasteiger charge is -2.32. The molecule has 0 bridgehead atoms. The number of rotatable bonds is 4. The predicted molar refractivity (Wildman–Crippen MR) is 95.3 cm³/mol. The Hall–Kier alpha value is -2.43. The molecule has 2 aromatic rings. The molecular weight excluding hydrogens is 300 g/mol. The number of aryl methyl sites for hydroxylation is 1. The van der Waals surface area contributed by atoms with Crippen LogP contribution in [0.5, 0.6) is 0 Å². The second kappa shape index (κ2) is 7.43. The van der Waals surface area contributed by atoms with Crippen LogP contribution in [0.2, 0.25) is 0 Å². The highest BCUT2D eigenvalue weighted by atomic mass is 16.2. The van der Waals surface area contributed by atoms with Gasteiger partial charge in [0.05, 0.1) is 5.69 Å². The van der Waals surface area contributed by atoms with Crippen molar-refractivity contribution in [2.45, 2.75) is 39.0 Å². The second-order valence-corrected chi connectivity index (χ2v) is 6.33. The van der Waals surface area contributed by atoms with E-state index in [9.17, 15) is 4.79 Å². The van der Waals surface area contributed by atoms with E-state index in [0.717, 1.165) is 37.3 Å².